The quantitative estimate of drug-likeness (QED) is 0.496. The van der Waals surface area contributed by atoms with Gasteiger partial charge in [-0.3, -0.25) is 10.1 Å². The van der Waals surface area contributed by atoms with Crippen molar-refractivity contribution in [1.82, 2.24) is 25.5 Å². The van der Waals surface area contributed by atoms with Crippen molar-refractivity contribution >= 4 is 23.7 Å². The second-order valence-corrected chi connectivity index (χ2v) is 8.08. The average Bonchev–Trinajstić information content (AvgIpc) is 2.97. The molecule has 1 aromatic heterocycles. The van der Waals surface area contributed by atoms with Gasteiger partial charge in [0.2, 0.25) is 11.1 Å². The van der Waals surface area contributed by atoms with Crippen LogP contribution in [0, 0.1) is 0 Å². The van der Waals surface area contributed by atoms with Crippen LogP contribution in [0.4, 0.5) is 18.0 Å². The highest BCUT2D eigenvalue weighted by molar-refractivity contribution is 7.99. The third-order valence-electron chi connectivity index (χ3n) is 3.71. The van der Waals surface area contributed by atoms with Gasteiger partial charge < -0.3 is 11.2 Å². The van der Waals surface area contributed by atoms with Gasteiger partial charge in [-0.15, -0.1) is 10.2 Å². The normalized spacial score (nSPS) is 11.9. The van der Waals surface area contributed by atoms with E-state index in [0.29, 0.717) is 5.82 Å². The number of nitrogen functional groups attached to an aromatic ring is 1. The number of halogens is 3. The highest BCUT2D eigenvalue weighted by Gasteiger charge is 2.28. The van der Waals surface area contributed by atoms with Crippen molar-refractivity contribution < 1.29 is 22.8 Å². The number of amides is 3. The number of nitrogens with zero attached hydrogens (tertiary/aromatic N) is 3. The standard InChI is InChI=1S/C17H21F3N6O2S/c1-16(2,3)11-6-4-10(5-7-11)13-24-25-15(26(13)21)29-8-12(27)23-14(28)22-9-17(18,19)20/h4-7H,8-9,21H2,1-3H3,(H2,22,23,27,28). The highest BCUT2D eigenvalue weighted by Crippen LogP contribution is 2.26. The van der Waals surface area contributed by atoms with Crippen molar-refractivity contribution in [2.24, 2.45) is 0 Å². The van der Waals surface area contributed by atoms with Crippen molar-refractivity contribution in [3.05, 3.63) is 29.8 Å². The molecular formula is C17H21F3N6O2S. The van der Waals surface area contributed by atoms with Crippen molar-refractivity contribution in [3.8, 4) is 11.4 Å². The lowest BCUT2D eigenvalue weighted by Crippen LogP contribution is -2.44. The number of carbonyl (C=O) groups is 2. The maximum absolute atomic E-state index is 12.0. The molecule has 0 radical (unpaired) electrons. The van der Waals surface area contributed by atoms with Crippen LogP contribution in [0.5, 0.6) is 0 Å². The average molecular weight is 430 g/mol. The molecule has 0 aliphatic rings. The maximum atomic E-state index is 12.0. The Morgan fingerprint density at radius 3 is 2.31 bits per heavy atom. The summed E-state index contributed by atoms with van der Waals surface area (Å²) >= 11 is 0.894. The summed E-state index contributed by atoms with van der Waals surface area (Å²) in [5.74, 6) is 5.29. The maximum Gasteiger partial charge on any atom is 0.405 e. The number of nitrogens with two attached hydrogens (primary N) is 1. The molecule has 0 atom stereocenters. The van der Waals surface area contributed by atoms with Crippen LogP contribution in [0.2, 0.25) is 0 Å². The van der Waals surface area contributed by atoms with Crippen molar-refractivity contribution in [3.63, 3.8) is 0 Å². The number of benzene rings is 1. The van der Waals surface area contributed by atoms with Gasteiger partial charge in [-0.05, 0) is 11.0 Å². The lowest BCUT2D eigenvalue weighted by atomic mass is 9.87. The van der Waals surface area contributed by atoms with Crippen LogP contribution in [0.15, 0.2) is 29.4 Å². The number of rotatable bonds is 5. The summed E-state index contributed by atoms with van der Waals surface area (Å²) in [6.07, 6.45) is -4.56. The first kappa shape index (κ1) is 22.5. The van der Waals surface area contributed by atoms with Gasteiger partial charge in [-0.25, -0.2) is 9.47 Å². The molecule has 2 aromatic rings. The zero-order chi connectivity index (χ0) is 21.8. The van der Waals surface area contributed by atoms with E-state index in [1.807, 2.05) is 24.3 Å². The van der Waals surface area contributed by atoms with E-state index in [1.54, 1.807) is 10.6 Å². The first-order chi connectivity index (χ1) is 13.4. The number of imide groups is 1. The number of thioether (sulfide) groups is 1. The minimum absolute atomic E-state index is 0.00428. The zero-order valence-electron chi connectivity index (χ0n) is 16.0. The number of alkyl halides is 3. The number of carbonyl (C=O) groups excluding carboxylic acids is 2. The van der Waals surface area contributed by atoms with Crippen molar-refractivity contribution in [2.75, 3.05) is 18.1 Å². The Kier molecular flexibility index (Phi) is 6.77. The van der Waals surface area contributed by atoms with Gasteiger partial charge in [0.25, 0.3) is 0 Å². The van der Waals surface area contributed by atoms with E-state index in [0.717, 1.165) is 22.9 Å². The number of nitrogens with one attached hydrogen (secondary N) is 2. The molecule has 0 aliphatic carbocycles. The van der Waals surface area contributed by atoms with Crippen LogP contribution in [0.3, 0.4) is 0 Å². The Hall–Kier alpha value is -2.76. The molecule has 0 saturated carbocycles. The predicted octanol–water partition coefficient (Wildman–Crippen LogP) is 2.44. The summed E-state index contributed by atoms with van der Waals surface area (Å²) in [6.45, 7) is 4.75. The first-order valence-corrected chi connectivity index (χ1v) is 9.44. The Morgan fingerprint density at radius 1 is 1.14 bits per heavy atom. The number of hydrogen-bond acceptors (Lipinski definition) is 6. The number of hydrogen-bond donors (Lipinski definition) is 3. The molecule has 0 fully saturated rings. The monoisotopic (exact) mass is 430 g/mol. The Balaban J connectivity index is 1.94. The summed E-state index contributed by atoms with van der Waals surface area (Å²) in [6, 6.07) is 6.41. The van der Waals surface area contributed by atoms with Crippen LogP contribution in [-0.2, 0) is 10.2 Å². The van der Waals surface area contributed by atoms with E-state index in [-0.39, 0.29) is 16.3 Å². The van der Waals surface area contributed by atoms with Gasteiger partial charge >= 0.3 is 12.2 Å². The summed E-state index contributed by atoms with van der Waals surface area (Å²) in [7, 11) is 0. The lowest BCUT2D eigenvalue weighted by molar-refractivity contribution is -0.124. The molecule has 1 heterocycles. The fourth-order valence-corrected chi connectivity index (χ4v) is 2.87. The Morgan fingerprint density at radius 2 is 1.76 bits per heavy atom. The minimum atomic E-state index is -4.56. The molecule has 0 bridgehead atoms. The summed E-state index contributed by atoms with van der Waals surface area (Å²) in [4.78, 5) is 23.0. The fourth-order valence-electron chi connectivity index (χ4n) is 2.21. The van der Waals surface area contributed by atoms with Crippen LogP contribution in [-0.4, -0.2) is 45.3 Å². The van der Waals surface area contributed by atoms with Crippen molar-refractivity contribution in [1.29, 1.82) is 0 Å². The smallest absolute Gasteiger partial charge is 0.335 e. The molecule has 0 unspecified atom stereocenters. The molecular weight excluding hydrogens is 409 g/mol. The molecule has 3 amide bonds. The van der Waals surface area contributed by atoms with E-state index in [9.17, 15) is 22.8 Å². The molecule has 29 heavy (non-hydrogen) atoms. The number of aromatic nitrogens is 3. The lowest BCUT2D eigenvalue weighted by Gasteiger charge is -2.19. The van der Waals surface area contributed by atoms with Gasteiger partial charge in [0.05, 0.1) is 5.75 Å². The summed E-state index contributed by atoms with van der Waals surface area (Å²) < 4.78 is 37.3. The molecule has 0 aliphatic heterocycles. The molecule has 1 aromatic carbocycles. The molecule has 0 saturated heterocycles. The van der Waals surface area contributed by atoms with E-state index >= 15 is 0 Å². The first-order valence-electron chi connectivity index (χ1n) is 8.45. The van der Waals surface area contributed by atoms with Gasteiger partial charge in [-0.2, -0.15) is 13.2 Å². The van der Waals surface area contributed by atoms with Gasteiger partial charge in [0.1, 0.15) is 6.54 Å². The van der Waals surface area contributed by atoms with E-state index < -0.39 is 24.7 Å². The molecule has 12 heteroatoms. The SMILES string of the molecule is CC(C)(C)c1ccc(-c2nnc(SCC(=O)NC(=O)NCC(F)(F)F)n2N)cc1. The highest BCUT2D eigenvalue weighted by atomic mass is 32.2. The largest absolute Gasteiger partial charge is 0.405 e. The van der Waals surface area contributed by atoms with Crippen molar-refractivity contribution in [2.45, 2.75) is 37.5 Å². The van der Waals surface area contributed by atoms with Crippen LogP contribution >= 0.6 is 11.8 Å². The summed E-state index contributed by atoms with van der Waals surface area (Å²) in [5, 5.41) is 11.5. The fraction of sp³-hybridized carbons (Fsp3) is 0.412. The Bertz CT molecular complexity index is 875. The van der Waals surface area contributed by atoms with E-state index in [4.69, 9.17) is 5.84 Å². The van der Waals surface area contributed by atoms with Gasteiger partial charge in [0, 0.05) is 5.56 Å². The summed E-state index contributed by atoms with van der Waals surface area (Å²) in [5.41, 5.74) is 1.87. The number of urea groups is 1. The molecule has 8 nitrogen and oxygen atoms in total. The molecule has 2 rings (SSSR count). The molecule has 0 spiro atoms. The molecule has 4 N–H and O–H groups in total. The molecule has 158 valence electrons. The Labute approximate surface area is 169 Å². The van der Waals surface area contributed by atoms with E-state index in [2.05, 4.69) is 31.0 Å². The van der Waals surface area contributed by atoms with Gasteiger partial charge in [-0.1, -0.05) is 56.8 Å². The van der Waals surface area contributed by atoms with Crippen LogP contribution < -0.4 is 16.5 Å². The van der Waals surface area contributed by atoms with Crippen LogP contribution in [0.25, 0.3) is 11.4 Å². The predicted molar refractivity (Wildman–Crippen MR) is 103 cm³/mol. The van der Waals surface area contributed by atoms with E-state index in [1.165, 1.54) is 4.68 Å². The second-order valence-electron chi connectivity index (χ2n) is 7.14. The second kappa shape index (κ2) is 8.72. The topological polar surface area (TPSA) is 115 Å². The third kappa shape index (κ3) is 6.66. The minimum Gasteiger partial charge on any atom is -0.335 e. The zero-order valence-corrected chi connectivity index (χ0v) is 16.8. The van der Waals surface area contributed by atoms with Crippen LogP contribution in [0.1, 0.15) is 26.3 Å². The van der Waals surface area contributed by atoms with Gasteiger partial charge in [0.15, 0.2) is 5.82 Å². The third-order valence-corrected chi connectivity index (χ3v) is 4.65.